The zero-order valence-corrected chi connectivity index (χ0v) is 13.5. The number of nitrogens with zero attached hydrogens (tertiary/aromatic N) is 2. The molecule has 21 heavy (non-hydrogen) atoms. The van der Waals surface area contributed by atoms with Gasteiger partial charge in [-0.3, -0.25) is 4.99 Å². The van der Waals surface area contributed by atoms with Crippen molar-refractivity contribution in [2.24, 2.45) is 10.7 Å². The highest BCUT2D eigenvalue weighted by atomic mass is 35.5. The van der Waals surface area contributed by atoms with E-state index < -0.39 is 5.62 Å². The monoisotopic (exact) mass is 323 g/mol. The van der Waals surface area contributed by atoms with E-state index in [4.69, 9.17) is 21.8 Å². The average molecular weight is 324 g/mol. The minimum absolute atomic E-state index is 0.391. The smallest absolute Gasteiger partial charge is 0.198 e. The van der Waals surface area contributed by atoms with E-state index in [1.807, 2.05) is 18.3 Å². The molecular formula is C15H18ClN3OS. The van der Waals surface area contributed by atoms with Gasteiger partial charge in [-0.1, -0.05) is 11.6 Å². The molecule has 0 aromatic carbocycles. The third-order valence-electron chi connectivity index (χ3n) is 3.61. The first-order valence-corrected chi connectivity index (χ1v) is 8.24. The molecule has 2 aromatic rings. The van der Waals surface area contributed by atoms with Crippen LogP contribution in [0.4, 0.5) is 5.69 Å². The summed E-state index contributed by atoms with van der Waals surface area (Å²) in [6.45, 7) is 3.49. The van der Waals surface area contributed by atoms with Crippen LogP contribution in [0.15, 0.2) is 27.8 Å². The second-order valence-electron chi connectivity index (χ2n) is 5.05. The number of anilines is 1. The Balaban J connectivity index is 1.93. The number of nitrogens with two attached hydrogens (primary N) is 1. The first kappa shape index (κ1) is 14.6. The first-order valence-electron chi connectivity index (χ1n) is 6.99. The summed E-state index contributed by atoms with van der Waals surface area (Å²) in [7, 11) is 0. The van der Waals surface area contributed by atoms with Crippen molar-refractivity contribution in [3.8, 4) is 0 Å². The molecule has 1 unspecified atom stereocenters. The Kier molecular flexibility index (Phi) is 4.33. The van der Waals surface area contributed by atoms with Crippen molar-refractivity contribution in [3.05, 3.63) is 39.5 Å². The average Bonchev–Trinajstić information content (AvgIpc) is 3.09. The van der Waals surface area contributed by atoms with Crippen LogP contribution in [0.3, 0.4) is 0 Å². The maximum Gasteiger partial charge on any atom is 0.198 e. The minimum Gasteiger partial charge on any atom is -0.467 e. The maximum atomic E-state index is 6.38. The number of halogens is 1. The summed E-state index contributed by atoms with van der Waals surface area (Å²) in [5.74, 6) is 0.887. The van der Waals surface area contributed by atoms with Gasteiger partial charge in [-0.05, 0) is 44.0 Å². The third kappa shape index (κ3) is 2.86. The third-order valence-corrected chi connectivity index (χ3v) is 5.24. The molecule has 2 N–H and O–H groups in total. The summed E-state index contributed by atoms with van der Waals surface area (Å²) in [6.07, 6.45) is 5.57. The van der Waals surface area contributed by atoms with E-state index >= 15 is 0 Å². The van der Waals surface area contributed by atoms with Crippen LogP contribution in [0, 0.1) is 6.92 Å². The first-order chi connectivity index (χ1) is 10.2. The molecule has 0 amide bonds. The minimum atomic E-state index is -0.391. The molecule has 0 spiro atoms. The number of rotatable bonds is 5. The standard InChI is InChI=1S/C15H18ClN3OS/c1-10-12(5-2-6-17)21-13-8-18-15(16)19(14(10)13)9-11-4-3-7-20-11/h3-4,7-8,15H,2,5-6,9,17H2,1H3. The van der Waals surface area contributed by atoms with E-state index in [1.165, 1.54) is 21.0 Å². The van der Waals surface area contributed by atoms with Gasteiger partial charge in [-0.25, -0.2) is 0 Å². The highest BCUT2D eigenvalue weighted by Gasteiger charge is 2.27. The van der Waals surface area contributed by atoms with Gasteiger partial charge in [0.1, 0.15) is 5.76 Å². The summed E-state index contributed by atoms with van der Waals surface area (Å²) < 4.78 is 5.45. The fraction of sp³-hybridized carbons (Fsp3) is 0.400. The molecular weight excluding hydrogens is 306 g/mol. The van der Waals surface area contributed by atoms with E-state index in [1.54, 1.807) is 17.6 Å². The van der Waals surface area contributed by atoms with Crippen LogP contribution in [0.5, 0.6) is 0 Å². The number of hydrogen-bond acceptors (Lipinski definition) is 5. The number of aliphatic imine (C=N–C) groups is 1. The molecule has 1 aliphatic rings. The quantitative estimate of drug-likeness (QED) is 0.676. The van der Waals surface area contributed by atoms with Crippen LogP contribution in [0.25, 0.3) is 0 Å². The van der Waals surface area contributed by atoms with Crippen LogP contribution >= 0.6 is 22.9 Å². The van der Waals surface area contributed by atoms with Gasteiger partial charge in [0.25, 0.3) is 0 Å². The lowest BCUT2D eigenvalue weighted by atomic mass is 10.1. The van der Waals surface area contributed by atoms with E-state index in [0.29, 0.717) is 13.1 Å². The van der Waals surface area contributed by atoms with Crippen molar-refractivity contribution in [1.82, 2.24) is 0 Å². The van der Waals surface area contributed by atoms with Crippen LogP contribution in [-0.4, -0.2) is 18.4 Å². The van der Waals surface area contributed by atoms with Gasteiger partial charge in [-0.15, -0.1) is 11.3 Å². The van der Waals surface area contributed by atoms with Gasteiger partial charge in [0.15, 0.2) is 5.62 Å². The van der Waals surface area contributed by atoms with Gasteiger partial charge in [-0.2, -0.15) is 0 Å². The topological polar surface area (TPSA) is 54.8 Å². The fourth-order valence-electron chi connectivity index (χ4n) is 2.56. The lowest BCUT2D eigenvalue weighted by Gasteiger charge is -2.29. The SMILES string of the molecule is Cc1c(CCCN)sc2c1N(Cc1ccco1)C(Cl)N=C2. The molecule has 0 bridgehead atoms. The van der Waals surface area contributed by atoms with Crippen molar-refractivity contribution in [2.45, 2.75) is 31.9 Å². The normalized spacial score (nSPS) is 17.3. The highest BCUT2D eigenvalue weighted by molar-refractivity contribution is 7.14. The van der Waals surface area contributed by atoms with Crippen molar-refractivity contribution in [1.29, 1.82) is 0 Å². The summed E-state index contributed by atoms with van der Waals surface area (Å²) in [6, 6.07) is 3.85. The van der Waals surface area contributed by atoms with Crippen molar-refractivity contribution < 1.29 is 4.42 Å². The lowest BCUT2D eigenvalue weighted by molar-refractivity contribution is 0.499. The number of furan rings is 1. The van der Waals surface area contributed by atoms with E-state index in [0.717, 1.165) is 18.6 Å². The van der Waals surface area contributed by atoms with Crippen LogP contribution in [0.1, 0.15) is 27.5 Å². The molecule has 0 saturated heterocycles. The Labute approximate surface area is 133 Å². The van der Waals surface area contributed by atoms with Gasteiger partial charge >= 0.3 is 0 Å². The lowest BCUT2D eigenvalue weighted by Crippen LogP contribution is -2.32. The maximum absolute atomic E-state index is 6.38. The van der Waals surface area contributed by atoms with Crippen LogP contribution in [0.2, 0.25) is 0 Å². The summed E-state index contributed by atoms with van der Waals surface area (Å²) in [5.41, 5.74) is 7.70. The Morgan fingerprint density at radius 1 is 1.52 bits per heavy atom. The molecule has 112 valence electrons. The Bertz CT molecular complexity index is 636. The van der Waals surface area contributed by atoms with Crippen molar-refractivity contribution in [2.75, 3.05) is 11.4 Å². The van der Waals surface area contributed by atoms with E-state index in [-0.39, 0.29) is 0 Å². The Morgan fingerprint density at radius 3 is 3.10 bits per heavy atom. The number of fused-ring (bicyclic) bond motifs is 1. The number of hydrogen-bond donors (Lipinski definition) is 1. The number of aryl methyl sites for hydroxylation is 1. The predicted molar refractivity (Wildman–Crippen MR) is 88.6 cm³/mol. The molecule has 3 rings (SSSR count). The van der Waals surface area contributed by atoms with Gasteiger partial charge in [0, 0.05) is 11.1 Å². The van der Waals surface area contributed by atoms with Crippen molar-refractivity contribution in [3.63, 3.8) is 0 Å². The molecule has 1 aliphatic heterocycles. The second-order valence-corrected chi connectivity index (χ2v) is 6.58. The summed E-state index contributed by atoms with van der Waals surface area (Å²) >= 11 is 8.17. The number of alkyl halides is 1. The second kappa shape index (κ2) is 6.22. The molecule has 2 aromatic heterocycles. The Hall–Kier alpha value is -1.30. The molecule has 3 heterocycles. The molecule has 6 heteroatoms. The highest BCUT2D eigenvalue weighted by Crippen LogP contribution is 2.40. The molecule has 0 aliphatic carbocycles. The molecule has 0 saturated carbocycles. The Morgan fingerprint density at radius 2 is 2.38 bits per heavy atom. The molecule has 1 atom stereocenters. The van der Waals surface area contributed by atoms with Gasteiger partial charge in [0.05, 0.1) is 23.4 Å². The van der Waals surface area contributed by atoms with Gasteiger partial charge < -0.3 is 15.1 Å². The zero-order chi connectivity index (χ0) is 14.8. The summed E-state index contributed by atoms with van der Waals surface area (Å²) in [4.78, 5) is 9.01. The van der Waals surface area contributed by atoms with Gasteiger partial charge in [0.2, 0.25) is 0 Å². The zero-order valence-electron chi connectivity index (χ0n) is 11.9. The molecule has 0 radical (unpaired) electrons. The van der Waals surface area contributed by atoms with E-state index in [2.05, 4.69) is 16.8 Å². The number of thiophene rings is 1. The van der Waals surface area contributed by atoms with Crippen molar-refractivity contribution >= 4 is 34.8 Å². The van der Waals surface area contributed by atoms with E-state index in [9.17, 15) is 0 Å². The fourth-order valence-corrected chi connectivity index (χ4v) is 4.03. The summed E-state index contributed by atoms with van der Waals surface area (Å²) in [5, 5.41) is 0. The molecule has 4 nitrogen and oxygen atoms in total. The molecule has 0 fully saturated rings. The van der Waals surface area contributed by atoms with Crippen LogP contribution < -0.4 is 10.6 Å². The predicted octanol–water partition coefficient (Wildman–Crippen LogP) is 3.50. The van der Waals surface area contributed by atoms with Crippen LogP contribution in [-0.2, 0) is 13.0 Å². The largest absolute Gasteiger partial charge is 0.467 e.